The summed E-state index contributed by atoms with van der Waals surface area (Å²) in [5.74, 6) is 2.31. The molecule has 0 aliphatic heterocycles. The maximum absolute atomic E-state index is 5.79. The van der Waals surface area contributed by atoms with Gasteiger partial charge in [-0.05, 0) is 32.2 Å². The first kappa shape index (κ1) is 13.5. The van der Waals surface area contributed by atoms with Gasteiger partial charge >= 0.3 is 0 Å². The molecule has 1 saturated carbocycles. The van der Waals surface area contributed by atoms with E-state index in [2.05, 4.69) is 22.4 Å². The molecule has 1 aliphatic carbocycles. The van der Waals surface area contributed by atoms with E-state index in [-0.39, 0.29) is 6.04 Å². The summed E-state index contributed by atoms with van der Waals surface area (Å²) in [4.78, 5) is 0. The Bertz CT molecular complexity index is 339. The van der Waals surface area contributed by atoms with Crippen molar-refractivity contribution >= 4 is 0 Å². The zero-order valence-corrected chi connectivity index (χ0v) is 11.6. The standard InChI is InChI=1S/C14H25N3O/c1-3-12(15-2)14-17-16-13(18-14)10-11-8-6-4-5-7-9-11/h11-12,15H,3-10H2,1-2H3. The summed E-state index contributed by atoms with van der Waals surface area (Å²) in [7, 11) is 1.93. The minimum absolute atomic E-state index is 0.195. The van der Waals surface area contributed by atoms with Crippen LogP contribution in [0.3, 0.4) is 0 Å². The predicted octanol–water partition coefficient (Wildman–Crippen LogP) is 3.25. The Morgan fingerprint density at radius 1 is 1.22 bits per heavy atom. The van der Waals surface area contributed by atoms with Crippen LogP contribution in [0.1, 0.15) is 69.7 Å². The quantitative estimate of drug-likeness (QED) is 0.816. The molecule has 102 valence electrons. The monoisotopic (exact) mass is 251 g/mol. The lowest BCUT2D eigenvalue weighted by molar-refractivity contribution is 0.353. The molecule has 0 aromatic carbocycles. The fourth-order valence-electron chi connectivity index (χ4n) is 2.81. The van der Waals surface area contributed by atoms with Crippen LogP contribution in [0.4, 0.5) is 0 Å². The van der Waals surface area contributed by atoms with E-state index in [1.165, 1.54) is 38.5 Å². The van der Waals surface area contributed by atoms with Gasteiger partial charge in [-0.25, -0.2) is 0 Å². The highest BCUT2D eigenvalue weighted by molar-refractivity contribution is 4.90. The second-order valence-corrected chi connectivity index (χ2v) is 5.35. The molecule has 1 heterocycles. The molecule has 2 rings (SSSR count). The van der Waals surface area contributed by atoms with Gasteiger partial charge in [0, 0.05) is 6.42 Å². The van der Waals surface area contributed by atoms with Crippen molar-refractivity contribution in [3.05, 3.63) is 11.8 Å². The van der Waals surface area contributed by atoms with Crippen molar-refractivity contribution in [3.8, 4) is 0 Å². The van der Waals surface area contributed by atoms with E-state index in [1.54, 1.807) is 0 Å². The van der Waals surface area contributed by atoms with Crippen LogP contribution in [-0.2, 0) is 6.42 Å². The Kier molecular flexibility index (Phi) is 5.17. The van der Waals surface area contributed by atoms with Crippen LogP contribution in [0.2, 0.25) is 0 Å². The number of rotatable bonds is 5. The Morgan fingerprint density at radius 2 is 1.94 bits per heavy atom. The summed E-state index contributed by atoms with van der Waals surface area (Å²) >= 11 is 0. The van der Waals surface area contributed by atoms with Crippen molar-refractivity contribution < 1.29 is 4.42 Å². The molecule has 1 N–H and O–H groups in total. The van der Waals surface area contributed by atoms with Crippen LogP contribution in [0.15, 0.2) is 4.42 Å². The molecule has 0 amide bonds. The Balaban J connectivity index is 1.92. The Labute approximate surface area is 110 Å². The molecular weight excluding hydrogens is 226 g/mol. The third-order valence-corrected chi connectivity index (χ3v) is 3.98. The summed E-state index contributed by atoms with van der Waals surface area (Å²) in [6, 6.07) is 0.195. The molecule has 0 spiro atoms. The third-order valence-electron chi connectivity index (χ3n) is 3.98. The molecule has 1 unspecified atom stereocenters. The number of nitrogens with zero attached hydrogens (tertiary/aromatic N) is 2. The van der Waals surface area contributed by atoms with Crippen molar-refractivity contribution in [3.63, 3.8) is 0 Å². The SMILES string of the molecule is CCC(NC)c1nnc(CC2CCCCCC2)o1. The first-order valence-corrected chi connectivity index (χ1v) is 7.33. The van der Waals surface area contributed by atoms with E-state index in [0.717, 1.165) is 30.5 Å². The number of nitrogens with one attached hydrogen (secondary N) is 1. The van der Waals surface area contributed by atoms with Crippen molar-refractivity contribution in [1.82, 2.24) is 15.5 Å². The Morgan fingerprint density at radius 3 is 2.56 bits per heavy atom. The van der Waals surface area contributed by atoms with Gasteiger partial charge < -0.3 is 9.73 Å². The maximum atomic E-state index is 5.79. The van der Waals surface area contributed by atoms with E-state index in [4.69, 9.17) is 4.42 Å². The second kappa shape index (κ2) is 6.88. The molecule has 0 saturated heterocycles. The smallest absolute Gasteiger partial charge is 0.233 e. The van der Waals surface area contributed by atoms with Gasteiger partial charge in [-0.1, -0.05) is 32.6 Å². The highest BCUT2D eigenvalue weighted by atomic mass is 16.4. The van der Waals surface area contributed by atoms with Gasteiger partial charge in [-0.15, -0.1) is 10.2 Å². The van der Waals surface area contributed by atoms with Crippen molar-refractivity contribution in [2.24, 2.45) is 5.92 Å². The summed E-state index contributed by atoms with van der Waals surface area (Å²) in [5, 5.41) is 11.6. The van der Waals surface area contributed by atoms with E-state index in [1.807, 2.05) is 7.05 Å². The molecule has 4 nitrogen and oxygen atoms in total. The van der Waals surface area contributed by atoms with Crippen molar-refractivity contribution in [2.45, 2.75) is 64.3 Å². The van der Waals surface area contributed by atoms with E-state index < -0.39 is 0 Å². The Hall–Kier alpha value is -0.900. The number of hydrogen-bond acceptors (Lipinski definition) is 4. The molecular formula is C14H25N3O. The second-order valence-electron chi connectivity index (χ2n) is 5.35. The van der Waals surface area contributed by atoms with Crippen LogP contribution < -0.4 is 5.32 Å². The topological polar surface area (TPSA) is 51.0 Å². The van der Waals surface area contributed by atoms with Gasteiger partial charge in [0.05, 0.1) is 6.04 Å². The van der Waals surface area contributed by atoms with Gasteiger partial charge in [0.25, 0.3) is 0 Å². The molecule has 1 aromatic rings. The molecule has 0 radical (unpaired) electrons. The molecule has 18 heavy (non-hydrogen) atoms. The van der Waals surface area contributed by atoms with Crippen LogP contribution in [0.5, 0.6) is 0 Å². The lowest BCUT2D eigenvalue weighted by atomic mass is 9.97. The van der Waals surface area contributed by atoms with E-state index >= 15 is 0 Å². The average molecular weight is 251 g/mol. The molecule has 1 aromatic heterocycles. The fraction of sp³-hybridized carbons (Fsp3) is 0.857. The van der Waals surface area contributed by atoms with Crippen LogP contribution in [0.25, 0.3) is 0 Å². The van der Waals surface area contributed by atoms with Crippen molar-refractivity contribution in [2.75, 3.05) is 7.05 Å². The summed E-state index contributed by atoms with van der Waals surface area (Å²) in [6.45, 7) is 2.12. The highest BCUT2D eigenvalue weighted by Crippen LogP contribution is 2.26. The highest BCUT2D eigenvalue weighted by Gasteiger charge is 2.19. The largest absolute Gasteiger partial charge is 0.424 e. The molecule has 1 atom stereocenters. The molecule has 0 bridgehead atoms. The number of hydrogen-bond donors (Lipinski definition) is 1. The van der Waals surface area contributed by atoms with Gasteiger partial charge in [0.1, 0.15) is 0 Å². The first-order chi connectivity index (χ1) is 8.83. The summed E-state index contributed by atoms with van der Waals surface area (Å²) in [5.41, 5.74) is 0. The van der Waals surface area contributed by atoms with E-state index in [0.29, 0.717) is 0 Å². The minimum atomic E-state index is 0.195. The van der Waals surface area contributed by atoms with Gasteiger partial charge in [0.15, 0.2) is 0 Å². The minimum Gasteiger partial charge on any atom is -0.424 e. The molecule has 1 fully saturated rings. The third kappa shape index (κ3) is 3.55. The zero-order valence-electron chi connectivity index (χ0n) is 11.6. The molecule has 4 heteroatoms. The fourth-order valence-corrected chi connectivity index (χ4v) is 2.81. The first-order valence-electron chi connectivity index (χ1n) is 7.33. The van der Waals surface area contributed by atoms with Crippen LogP contribution >= 0.6 is 0 Å². The summed E-state index contributed by atoms with van der Waals surface area (Å²) in [6.07, 6.45) is 10.1. The van der Waals surface area contributed by atoms with Gasteiger partial charge in [0.2, 0.25) is 11.8 Å². The summed E-state index contributed by atoms with van der Waals surface area (Å²) < 4.78 is 5.79. The maximum Gasteiger partial charge on any atom is 0.233 e. The lowest BCUT2D eigenvalue weighted by Gasteiger charge is -2.11. The van der Waals surface area contributed by atoms with Gasteiger partial charge in [-0.3, -0.25) is 0 Å². The average Bonchev–Trinajstić information content (AvgIpc) is 2.68. The zero-order chi connectivity index (χ0) is 12.8. The van der Waals surface area contributed by atoms with Gasteiger partial charge in [-0.2, -0.15) is 0 Å². The van der Waals surface area contributed by atoms with Crippen LogP contribution in [-0.4, -0.2) is 17.2 Å². The van der Waals surface area contributed by atoms with Crippen LogP contribution in [0, 0.1) is 5.92 Å². The normalized spacial score (nSPS) is 19.7. The predicted molar refractivity (Wildman–Crippen MR) is 71.3 cm³/mol. The molecule has 1 aliphatic rings. The number of aromatic nitrogens is 2. The lowest BCUT2D eigenvalue weighted by Crippen LogP contribution is -2.15. The van der Waals surface area contributed by atoms with E-state index in [9.17, 15) is 0 Å². The van der Waals surface area contributed by atoms with Crippen molar-refractivity contribution in [1.29, 1.82) is 0 Å².